The van der Waals surface area contributed by atoms with Gasteiger partial charge in [0.25, 0.3) is 0 Å². The smallest absolute Gasteiger partial charge is 0.345 e. The van der Waals surface area contributed by atoms with Crippen molar-refractivity contribution in [2.24, 2.45) is 0 Å². The predicted molar refractivity (Wildman–Crippen MR) is 167 cm³/mol. The number of thioether (sulfide) groups is 1. The zero-order valence-electron chi connectivity index (χ0n) is 22.6. The summed E-state index contributed by atoms with van der Waals surface area (Å²) in [6.45, 7) is 0.724. The van der Waals surface area contributed by atoms with Gasteiger partial charge in [-0.2, -0.15) is 0 Å². The van der Waals surface area contributed by atoms with Crippen molar-refractivity contribution >= 4 is 56.1 Å². The van der Waals surface area contributed by atoms with Gasteiger partial charge >= 0.3 is 5.97 Å². The Morgan fingerprint density at radius 1 is 0.884 bits per heavy atom. The number of carboxylic acid groups (broad SMARTS) is 1. The van der Waals surface area contributed by atoms with E-state index in [0.29, 0.717) is 23.5 Å². The van der Waals surface area contributed by atoms with Gasteiger partial charge < -0.3 is 14.6 Å². The number of pyridine rings is 1. The van der Waals surface area contributed by atoms with E-state index in [9.17, 15) is 23.5 Å². The Morgan fingerprint density at radius 3 is 2.40 bits per heavy atom. The van der Waals surface area contributed by atoms with Crippen LogP contribution in [0, 0.1) is 11.6 Å². The Labute approximate surface area is 253 Å². The Kier molecular flexibility index (Phi) is 6.95. The molecular weight excluding hydrogens is 589 g/mol. The van der Waals surface area contributed by atoms with E-state index in [1.807, 2.05) is 51.9 Å². The Bertz CT molecular complexity index is 2030. The molecular formula is C33H23F2N3O3S2. The summed E-state index contributed by atoms with van der Waals surface area (Å²) in [5, 5.41) is 10.6. The molecule has 1 aliphatic heterocycles. The number of carboxylic acids is 1. The molecule has 0 aliphatic carbocycles. The highest BCUT2D eigenvalue weighted by molar-refractivity contribution is 7.99. The van der Waals surface area contributed by atoms with Crippen LogP contribution in [0.15, 0.2) is 84.9 Å². The zero-order chi connectivity index (χ0) is 29.7. The normalized spacial score (nSPS) is 13.3. The summed E-state index contributed by atoms with van der Waals surface area (Å²) in [5.74, 6) is -0.918. The van der Waals surface area contributed by atoms with E-state index in [4.69, 9.17) is 0 Å². The second-order valence-corrected chi connectivity index (χ2v) is 12.3. The molecule has 1 saturated heterocycles. The minimum Gasteiger partial charge on any atom is -0.477 e. The lowest BCUT2D eigenvalue weighted by Crippen LogP contribution is -2.31. The number of nitrogens with zero attached hydrogens (tertiary/aromatic N) is 3. The number of amides is 1. The van der Waals surface area contributed by atoms with Crippen LogP contribution in [-0.2, 0) is 11.3 Å². The molecule has 10 heteroatoms. The molecule has 1 aliphatic rings. The second-order valence-electron chi connectivity index (χ2n) is 10.2. The van der Waals surface area contributed by atoms with Gasteiger partial charge in [0.15, 0.2) is 0 Å². The van der Waals surface area contributed by atoms with Crippen molar-refractivity contribution in [3.63, 3.8) is 0 Å². The summed E-state index contributed by atoms with van der Waals surface area (Å²) in [5.41, 5.74) is 4.59. The second kappa shape index (κ2) is 10.9. The van der Waals surface area contributed by atoms with E-state index in [1.54, 1.807) is 36.0 Å². The van der Waals surface area contributed by atoms with Crippen molar-refractivity contribution < 1.29 is 23.5 Å². The van der Waals surface area contributed by atoms with Crippen LogP contribution < -0.4 is 0 Å². The predicted octanol–water partition coefficient (Wildman–Crippen LogP) is 7.76. The molecule has 6 nitrogen and oxygen atoms in total. The molecule has 6 aromatic rings. The fraction of sp³-hybridized carbons (Fsp3) is 0.121. The number of carbonyl (C=O) groups is 2. The first-order valence-electron chi connectivity index (χ1n) is 13.5. The fourth-order valence-electron chi connectivity index (χ4n) is 5.57. The van der Waals surface area contributed by atoms with Crippen LogP contribution in [0.25, 0.3) is 54.8 Å². The van der Waals surface area contributed by atoms with Gasteiger partial charge in [-0.15, -0.1) is 23.1 Å². The lowest BCUT2D eigenvalue weighted by molar-refractivity contribution is -0.130. The highest BCUT2D eigenvalue weighted by Gasteiger charge is 2.27. The molecule has 0 saturated carbocycles. The molecule has 4 heterocycles. The van der Waals surface area contributed by atoms with Crippen molar-refractivity contribution in [1.29, 1.82) is 0 Å². The van der Waals surface area contributed by atoms with Crippen LogP contribution in [0.4, 0.5) is 8.78 Å². The molecule has 43 heavy (non-hydrogen) atoms. The number of aromatic nitrogens is 2. The molecule has 214 valence electrons. The molecule has 1 amide bonds. The highest BCUT2D eigenvalue weighted by atomic mass is 32.2. The number of benzene rings is 3. The van der Waals surface area contributed by atoms with Crippen molar-refractivity contribution in [1.82, 2.24) is 14.5 Å². The van der Waals surface area contributed by atoms with Crippen LogP contribution in [0.1, 0.15) is 9.67 Å². The Balaban J connectivity index is 1.43. The maximum absolute atomic E-state index is 14.5. The van der Waals surface area contributed by atoms with E-state index in [-0.39, 0.29) is 28.6 Å². The quantitative estimate of drug-likeness (QED) is 0.208. The summed E-state index contributed by atoms with van der Waals surface area (Å²) in [6.07, 6.45) is 0. The third kappa shape index (κ3) is 4.86. The highest BCUT2D eigenvalue weighted by Crippen LogP contribution is 2.45. The van der Waals surface area contributed by atoms with Crippen LogP contribution in [0.3, 0.4) is 0 Å². The summed E-state index contributed by atoms with van der Waals surface area (Å²) < 4.78 is 31.7. The van der Waals surface area contributed by atoms with Gasteiger partial charge in [-0.05, 0) is 47.5 Å². The molecule has 0 bridgehead atoms. The topological polar surface area (TPSA) is 75.4 Å². The molecule has 0 unspecified atom stereocenters. The van der Waals surface area contributed by atoms with Crippen LogP contribution in [-0.4, -0.2) is 49.6 Å². The van der Waals surface area contributed by atoms with Crippen LogP contribution in [0.2, 0.25) is 0 Å². The summed E-state index contributed by atoms with van der Waals surface area (Å²) in [4.78, 5) is 32.1. The molecule has 7 rings (SSSR count). The maximum atomic E-state index is 14.5. The number of fused-ring (bicyclic) bond motifs is 2. The number of halogens is 2. The first-order valence-corrected chi connectivity index (χ1v) is 15.5. The summed E-state index contributed by atoms with van der Waals surface area (Å²) in [6, 6.07) is 24.1. The van der Waals surface area contributed by atoms with Crippen LogP contribution in [0.5, 0.6) is 0 Å². The van der Waals surface area contributed by atoms with E-state index in [1.165, 1.54) is 29.5 Å². The number of thiophene rings is 1. The molecule has 1 fully saturated rings. The van der Waals surface area contributed by atoms with E-state index in [0.717, 1.165) is 38.2 Å². The van der Waals surface area contributed by atoms with Gasteiger partial charge in [-0.1, -0.05) is 48.5 Å². The third-order valence-corrected chi connectivity index (χ3v) is 9.69. The van der Waals surface area contributed by atoms with Gasteiger partial charge in [0, 0.05) is 23.2 Å². The van der Waals surface area contributed by atoms with E-state index < -0.39 is 17.6 Å². The molecule has 3 aromatic carbocycles. The fourth-order valence-corrected chi connectivity index (χ4v) is 7.61. The van der Waals surface area contributed by atoms with E-state index in [2.05, 4.69) is 4.98 Å². The third-order valence-electron chi connectivity index (χ3n) is 7.59. The lowest BCUT2D eigenvalue weighted by atomic mass is 9.99. The zero-order valence-corrected chi connectivity index (χ0v) is 24.2. The Hall–Kier alpha value is -4.54. The van der Waals surface area contributed by atoms with Gasteiger partial charge in [0.1, 0.15) is 23.1 Å². The number of hydrogen-bond acceptors (Lipinski definition) is 5. The SMILES string of the molecule is O=C(O)c1cc2c(s1)c(-c1ccccc1)c(-c1ccc3nc(-c4c(F)cccc4F)ccc3c1)n2CC(=O)N1CCSC1. The lowest BCUT2D eigenvalue weighted by Gasteiger charge is -2.18. The average Bonchev–Trinajstić information content (AvgIpc) is 3.75. The van der Waals surface area contributed by atoms with Gasteiger partial charge in [-0.3, -0.25) is 4.79 Å². The summed E-state index contributed by atoms with van der Waals surface area (Å²) in [7, 11) is 0. The maximum Gasteiger partial charge on any atom is 0.345 e. The first-order chi connectivity index (χ1) is 20.9. The number of carbonyl (C=O) groups excluding carboxylic acids is 1. The minimum atomic E-state index is -1.02. The number of rotatable bonds is 6. The molecule has 0 radical (unpaired) electrons. The number of aromatic carboxylic acids is 1. The molecule has 1 N–H and O–H groups in total. The van der Waals surface area contributed by atoms with Gasteiger partial charge in [-0.25, -0.2) is 18.6 Å². The van der Waals surface area contributed by atoms with Crippen LogP contribution >= 0.6 is 23.1 Å². The van der Waals surface area contributed by atoms with Crippen molar-refractivity contribution in [3.05, 3.63) is 101 Å². The Morgan fingerprint density at radius 2 is 1.67 bits per heavy atom. The standard InChI is InChI=1S/C33H23F2N3O3S2/c34-22-7-4-8-23(35)30(22)25-12-9-20-15-21(10-11-24(20)36-25)31-29(19-5-2-1-3-6-19)32-26(16-27(43-32)33(40)41)38(31)17-28(39)37-13-14-42-18-37/h1-12,15-16H,13-14,17-18H2,(H,40,41). The largest absolute Gasteiger partial charge is 0.477 e. The van der Waals surface area contributed by atoms with Crippen molar-refractivity contribution in [3.8, 4) is 33.6 Å². The van der Waals surface area contributed by atoms with E-state index >= 15 is 0 Å². The van der Waals surface area contributed by atoms with Gasteiger partial charge in [0.05, 0.1) is 38.6 Å². The first kappa shape index (κ1) is 27.3. The molecule has 0 atom stereocenters. The average molecular weight is 612 g/mol. The van der Waals surface area contributed by atoms with Crippen molar-refractivity contribution in [2.75, 3.05) is 18.2 Å². The van der Waals surface area contributed by atoms with Crippen molar-refractivity contribution in [2.45, 2.75) is 6.54 Å². The van der Waals surface area contributed by atoms with Gasteiger partial charge in [0.2, 0.25) is 5.91 Å². The molecule has 3 aromatic heterocycles. The summed E-state index contributed by atoms with van der Waals surface area (Å²) >= 11 is 2.89. The number of hydrogen-bond donors (Lipinski definition) is 1. The minimum absolute atomic E-state index is 0.0372. The molecule has 0 spiro atoms. The monoisotopic (exact) mass is 611 g/mol.